The van der Waals surface area contributed by atoms with Crippen molar-refractivity contribution in [2.45, 2.75) is 34.1 Å². The Labute approximate surface area is 85.3 Å². The molecule has 0 amide bonds. The van der Waals surface area contributed by atoms with E-state index in [0.29, 0.717) is 12.3 Å². The van der Waals surface area contributed by atoms with E-state index in [1.807, 2.05) is 6.92 Å². The van der Waals surface area contributed by atoms with Crippen molar-refractivity contribution in [3.63, 3.8) is 0 Å². The van der Waals surface area contributed by atoms with Crippen LogP contribution < -0.4 is 0 Å². The van der Waals surface area contributed by atoms with E-state index in [1.165, 1.54) is 11.6 Å². The average Bonchev–Trinajstić information content (AvgIpc) is 2.42. The van der Waals surface area contributed by atoms with Gasteiger partial charge in [0, 0.05) is 18.4 Å². The lowest BCUT2D eigenvalue weighted by Gasteiger charge is -2.15. The van der Waals surface area contributed by atoms with Gasteiger partial charge >= 0.3 is 0 Å². The first-order valence-corrected chi connectivity index (χ1v) is 5.04. The second-order valence-corrected chi connectivity index (χ2v) is 4.32. The first kappa shape index (κ1) is 11.0. The molecule has 1 rings (SSSR count). The topological polar surface area (TPSA) is 37.3 Å². The molecule has 0 spiro atoms. The molecule has 1 unspecified atom stereocenters. The largest absolute Gasteiger partial charge is 0.512 e. The number of carbonyl (C=O) groups excluding carboxylic acids is 1. The number of aliphatic hydroxyl groups is 1. The van der Waals surface area contributed by atoms with E-state index in [0.717, 1.165) is 5.57 Å². The smallest absolute Gasteiger partial charge is 0.166 e. The standard InChI is InChI=1S/C12H18O2/c1-7(2)8(3)9(4)11-5-10(13)6-12(11)14/h6-7,11,13H,5H2,1-4H3/b9-8-. The SMILES string of the molecule is C/C(=C(\C)C1CC(O)=CC1=O)C(C)C. The molecule has 2 nitrogen and oxygen atoms in total. The molecule has 0 aliphatic heterocycles. The summed E-state index contributed by atoms with van der Waals surface area (Å²) in [5, 5.41) is 9.26. The molecule has 0 aromatic rings. The van der Waals surface area contributed by atoms with Crippen LogP contribution in [-0.4, -0.2) is 10.9 Å². The third-order valence-corrected chi connectivity index (χ3v) is 3.08. The first-order chi connectivity index (χ1) is 6.43. The molecule has 0 fully saturated rings. The molecule has 78 valence electrons. The second-order valence-electron chi connectivity index (χ2n) is 4.32. The number of hydrogen-bond donors (Lipinski definition) is 1. The van der Waals surface area contributed by atoms with Crippen LogP contribution in [0.25, 0.3) is 0 Å². The summed E-state index contributed by atoms with van der Waals surface area (Å²) in [6.07, 6.45) is 1.83. The lowest BCUT2D eigenvalue weighted by Crippen LogP contribution is -2.11. The number of ketones is 1. The lowest BCUT2D eigenvalue weighted by molar-refractivity contribution is -0.116. The molecule has 14 heavy (non-hydrogen) atoms. The summed E-state index contributed by atoms with van der Waals surface area (Å²) in [6, 6.07) is 0. The van der Waals surface area contributed by atoms with E-state index < -0.39 is 0 Å². The Kier molecular flexibility index (Phi) is 3.14. The van der Waals surface area contributed by atoms with Gasteiger partial charge in [-0.05, 0) is 19.8 Å². The van der Waals surface area contributed by atoms with Gasteiger partial charge in [0.25, 0.3) is 0 Å². The van der Waals surface area contributed by atoms with Crippen molar-refractivity contribution < 1.29 is 9.90 Å². The van der Waals surface area contributed by atoms with Crippen molar-refractivity contribution in [3.05, 3.63) is 23.0 Å². The molecule has 1 N–H and O–H groups in total. The highest BCUT2D eigenvalue weighted by molar-refractivity contribution is 5.96. The number of carbonyl (C=O) groups is 1. The van der Waals surface area contributed by atoms with Gasteiger partial charge in [0.1, 0.15) is 0 Å². The Hall–Kier alpha value is -1.05. The summed E-state index contributed by atoms with van der Waals surface area (Å²) < 4.78 is 0. The Bertz CT molecular complexity index is 308. The first-order valence-electron chi connectivity index (χ1n) is 5.04. The molecule has 1 aliphatic rings. The number of allylic oxidation sites excluding steroid dienone is 4. The van der Waals surface area contributed by atoms with E-state index in [4.69, 9.17) is 0 Å². The zero-order chi connectivity index (χ0) is 10.9. The van der Waals surface area contributed by atoms with Crippen LogP contribution >= 0.6 is 0 Å². The lowest BCUT2D eigenvalue weighted by atomic mass is 9.89. The Morgan fingerprint density at radius 1 is 1.50 bits per heavy atom. The molecular formula is C12H18O2. The van der Waals surface area contributed by atoms with Crippen molar-refractivity contribution in [2.75, 3.05) is 0 Å². The van der Waals surface area contributed by atoms with Crippen LogP contribution in [0.1, 0.15) is 34.1 Å². The minimum absolute atomic E-state index is 0.0417. The average molecular weight is 194 g/mol. The molecule has 0 aromatic heterocycles. The van der Waals surface area contributed by atoms with E-state index >= 15 is 0 Å². The van der Waals surface area contributed by atoms with Gasteiger partial charge in [-0.3, -0.25) is 4.79 Å². The molecule has 0 radical (unpaired) electrons. The summed E-state index contributed by atoms with van der Waals surface area (Å²) in [6.45, 7) is 8.28. The van der Waals surface area contributed by atoms with E-state index in [2.05, 4.69) is 20.8 Å². The third kappa shape index (κ3) is 2.06. The van der Waals surface area contributed by atoms with Gasteiger partial charge in [0.2, 0.25) is 0 Å². The Morgan fingerprint density at radius 2 is 2.07 bits per heavy atom. The van der Waals surface area contributed by atoms with Gasteiger partial charge in [-0.2, -0.15) is 0 Å². The zero-order valence-electron chi connectivity index (χ0n) is 9.29. The maximum absolute atomic E-state index is 11.5. The number of hydrogen-bond acceptors (Lipinski definition) is 2. The monoisotopic (exact) mass is 194 g/mol. The highest BCUT2D eigenvalue weighted by Crippen LogP contribution is 2.30. The predicted octanol–water partition coefficient (Wildman–Crippen LogP) is 3.01. The number of rotatable bonds is 2. The molecular weight excluding hydrogens is 176 g/mol. The van der Waals surface area contributed by atoms with Crippen LogP contribution in [0.5, 0.6) is 0 Å². The molecule has 0 heterocycles. The van der Waals surface area contributed by atoms with Crippen LogP contribution in [-0.2, 0) is 4.79 Å². The minimum atomic E-state index is -0.114. The highest BCUT2D eigenvalue weighted by atomic mass is 16.3. The fourth-order valence-electron chi connectivity index (χ4n) is 1.73. The fraction of sp³-hybridized carbons (Fsp3) is 0.583. The Balaban J connectivity index is 2.88. The molecule has 0 bridgehead atoms. The highest BCUT2D eigenvalue weighted by Gasteiger charge is 2.27. The molecule has 0 saturated carbocycles. The van der Waals surface area contributed by atoms with Gasteiger partial charge in [-0.15, -0.1) is 0 Å². The van der Waals surface area contributed by atoms with Crippen molar-refractivity contribution in [3.8, 4) is 0 Å². The van der Waals surface area contributed by atoms with Gasteiger partial charge in [0.15, 0.2) is 5.78 Å². The fourth-order valence-corrected chi connectivity index (χ4v) is 1.73. The van der Waals surface area contributed by atoms with Crippen molar-refractivity contribution in [1.29, 1.82) is 0 Å². The molecule has 0 saturated heterocycles. The summed E-state index contributed by atoms with van der Waals surface area (Å²) in [4.78, 5) is 11.5. The van der Waals surface area contributed by atoms with E-state index in [9.17, 15) is 9.90 Å². The van der Waals surface area contributed by atoms with Crippen molar-refractivity contribution in [1.82, 2.24) is 0 Å². The maximum Gasteiger partial charge on any atom is 0.166 e. The van der Waals surface area contributed by atoms with Gasteiger partial charge in [-0.25, -0.2) is 0 Å². The van der Waals surface area contributed by atoms with Gasteiger partial charge in [0.05, 0.1) is 5.76 Å². The molecule has 1 aliphatic carbocycles. The maximum atomic E-state index is 11.5. The van der Waals surface area contributed by atoms with Crippen molar-refractivity contribution in [2.24, 2.45) is 11.8 Å². The van der Waals surface area contributed by atoms with Crippen LogP contribution in [0.15, 0.2) is 23.0 Å². The summed E-state index contributed by atoms with van der Waals surface area (Å²) >= 11 is 0. The van der Waals surface area contributed by atoms with Gasteiger partial charge < -0.3 is 5.11 Å². The normalized spacial score (nSPS) is 23.9. The van der Waals surface area contributed by atoms with Crippen LogP contribution in [0, 0.1) is 11.8 Å². The van der Waals surface area contributed by atoms with E-state index in [1.54, 1.807) is 0 Å². The minimum Gasteiger partial charge on any atom is -0.512 e. The molecule has 1 atom stereocenters. The van der Waals surface area contributed by atoms with Crippen LogP contribution in [0.2, 0.25) is 0 Å². The second kappa shape index (κ2) is 3.99. The van der Waals surface area contributed by atoms with Crippen molar-refractivity contribution >= 4 is 5.78 Å². The zero-order valence-corrected chi connectivity index (χ0v) is 9.29. The van der Waals surface area contributed by atoms with Gasteiger partial charge in [-0.1, -0.05) is 25.0 Å². The Morgan fingerprint density at radius 3 is 2.43 bits per heavy atom. The third-order valence-electron chi connectivity index (χ3n) is 3.08. The summed E-state index contributed by atoms with van der Waals surface area (Å²) in [7, 11) is 0. The number of aliphatic hydroxyl groups excluding tert-OH is 1. The van der Waals surface area contributed by atoms with E-state index in [-0.39, 0.29) is 17.5 Å². The molecule has 2 heteroatoms. The predicted molar refractivity (Wildman–Crippen MR) is 57.0 cm³/mol. The summed E-state index contributed by atoms with van der Waals surface area (Å²) in [5.41, 5.74) is 2.37. The van der Waals surface area contributed by atoms with Crippen LogP contribution in [0.4, 0.5) is 0 Å². The summed E-state index contributed by atoms with van der Waals surface area (Å²) in [5.74, 6) is 0.610. The van der Waals surface area contributed by atoms with Crippen LogP contribution in [0.3, 0.4) is 0 Å². The quantitative estimate of drug-likeness (QED) is 0.686. The molecule has 0 aromatic carbocycles.